The number of carbonyl (C=O) groups excluding carboxylic acids is 1. The number of aromatic nitrogens is 1. The van der Waals surface area contributed by atoms with Crippen LogP contribution in [-0.4, -0.2) is 43.1 Å². The summed E-state index contributed by atoms with van der Waals surface area (Å²) in [7, 11) is -3.52. The largest absolute Gasteiger partial charge is 0.338 e. The van der Waals surface area contributed by atoms with Crippen LogP contribution < -0.4 is 5.14 Å². The number of carbonyl (C=O) groups is 1. The van der Waals surface area contributed by atoms with Gasteiger partial charge in [-0.3, -0.25) is 9.78 Å². The first-order valence-corrected chi connectivity index (χ1v) is 10.0. The lowest BCUT2D eigenvalue weighted by Crippen LogP contribution is -2.31. The van der Waals surface area contributed by atoms with Crippen LogP contribution in [0.4, 0.5) is 0 Å². The lowest BCUT2D eigenvalue weighted by atomic mass is 10.00. The first kappa shape index (κ1) is 17.8. The summed E-state index contributed by atoms with van der Waals surface area (Å²) in [6, 6.07) is 5.85. The van der Waals surface area contributed by atoms with E-state index in [1.54, 1.807) is 4.90 Å². The van der Waals surface area contributed by atoms with E-state index in [-0.39, 0.29) is 17.6 Å². The predicted octanol–water partition coefficient (Wildman–Crippen LogP) is 1.91. The van der Waals surface area contributed by atoms with Crippen molar-refractivity contribution in [1.29, 1.82) is 0 Å². The van der Waals surface area contributed by atoms with Crippen molar-refractivity contribution < 1.29 is 13.2 Å². The highest BCUT2D eigenvalue weighted by Crippen LogP contribution is 2.27. The zero-order chi connectivity index (χ0) is 18.4. The Bertz CT molecular complexity index is 948. The van der Waals surface area contributed by atoms with Crippen LogP contribution in [0.15, 0.2) is 18.2 Å². The number of amides is 1. The van der Waals surface area contributed by atoms with Crippen molar-refractivity contribution in [3.63, 3.8) is 0 Å². The van der Waals surface area contributed by atoms with E-state index in [1.165, 1.54) is 0 Å². The van der Waals surface area contributed by atoms with Gasteiger partial charge >= 0.3 is 0 Å². The molecule has 1 amide bonds. The van der Waals surface area contributed by atoms with Gasteiger partial charge in [-0.25, -0.2) is 13.6 Å². The van der Waals surface area contributed by atoms with Crippen molar-refractivity contribution in [2.24, 2.45) is 11.1 Å². The van der Waals surface area contributed by atoms with Crippen LogP contribution in [0.5, 0.6) is 0 Å². The van der Waals surface area contributed by atoms with Crippen molar-refractivity contribution in [1.82, 2.24) is 9.88 Å². The number of hydrogen-bond acceptors (Lipinski definition) is 4. The van der Waals surface area contributed by atoms with E-state index in [0.717, 1.165) is 27.7 Å². The third-order valence-electron chi connectivity index (χ3n) is 4.65. The molecule has 1 atom stereocenters. The molecule has 25 heavy (non-hydrogen) atoms. The van der Waals surface area contributed by atoms with Crippen molar-refractivity contribution in [2.45, 2.75) is 27.2 Å². The lowest BCUT2D eigenvalue weighted by Gasteiger charge is -2.19. The number of benzene rings is 1. The zero-order valence-corrected chi connectivity index (χ0v) is 15.6. The number of pyridine rings is 1. The van der Waals surface area contributed by atoms with Crippen LogP contribution in [0.2, 0.25) is 0 Å². The Balaban J connectivity index is 1.96. The van der Waals surface area contributed by atoms with Gasteiger partial charge in [0.25, 0.3) is 5.91 Å². The molecule has 2 heterocycles. The molecule has 2 aromatic rings. The van der Waals surface area contributed by atoms with Crippen LogP contribution in [0.3, 0.4) is 0 Å². The van der Waals surface area contributed by atoms with E-state index in [9.17, 15) is 13.2 Å². The molecule has 1 saturated heterocycles. The molecule has 6 nitrogen and oxygen atoms in total. The first-order chi connectivity index (χ1) is 11.6. The van der Waals surface area contributed by atoms with Gasteiger partial charge in [0.2, 0.25) is 10.0 Å². The maximum Gasteiger partial charge on any atom is 0.254 e. The summed E-state index contributed by atoms with van der Waals surface area (Å²) in [4.78, 5) is 19.4. The quantitative estimate of drug-likeness (QED) is 0.904. The van der Waals surface area contributed by atoms with E-state index in [1.807, 2.05) is 39.0 Å². The minimum Gasteiger partial charge on any atom is -0.338 e. The molecule has 0 aliphatic carbocycles. The highest BCUT2D eigenvalue weighted by molar-refractivity contribution is 7.89. The summed E-state index contributed by atoms with van der Waals surface area (Å²) < 4.78 is 22.6. The summed E-state index contributed by atoms with van der Waals surface area (Å²) in [6.45, 7) is 6.84. The zero-order valence-electron chi connectivity index (χ0n) is 14.7. The Morgan fingerprint density at radius 1 is 1.28 bits per heavy atom. The second-order valence-corrected chi connectivity index (χ2v) is 8.68. The molecular formula is C18H23N3O3S. The van der Waals surface area contributed by atoms with Crippen LogP contribution >= 0.6 is 0 Å². The fraction of sp³-hybridized carbons (Fsp3) is 0.444. The van der Waals surface area contributed by atoms with E-state index in [2.05, 4.69) is 4.98 Å². The number of primary sulfonamides is 1. The predicted molar refractivity (Wildman–Crippen MR) is 97.9 cm³/mol. The molecule has 0 bridgehead atoms. The SMILES string of the molecule is Cc1cc(C)c2c(C(=O)N3CCC(CS(N)(=O)=O)C3)cc(C)nc2c1. The highest BCUT2D eigenvalue weighted by Gasteiger charge is 2.30. The average Bonchev–Trinajstić information content (AvgIpc) is 2.91. The Morgan fingerprint density at radius 2 is 2.00 bits per heavy atom. The topological polar surface area (TPSA) is 93.4 Å². The average molecular weight is 361 g/mol. The molecule has 1 aliphatic heterocycles. The number of hydrogen-bond donors (Lipinski definition) is 1. The van der Waals surface area contributed by atoms with Gasteiger partial charge in [0.15, 0.2) is 0 Å². The maximum atomic E-state index is 13.1. The molecule has 1 aliphatic rings. The summed E-state index contributed by atoms with van der Waals surface area (Å²) in [6.07, 6.45) is 0.655. The number of rotatable bonds is 3. The molecule has 1 aromatic heterocycles. The monoisotopic (exact) mass is 361 g/mol. The van der Waals surface area contributed by atoms with E-state index in [0.29, 0.717) is 25.1 Å². The van der Waals surface area contributed by atoms with E-state index >= 15 is 0 Å². The fourth-order valence-corrected chi connectivity index (χ4v) is 4.64. The van der Waals surface area contributed by atoms with Crippen LogP contribution in [-0.2, 0) is 10.0 Å². The van der Waals surface area contributed by atoms with Gasteiger partial charge in [-0.15, -0.1) is 0 Å². The standard InChI is InChI=1S/C18H23N3O3S/c1-11-6-12(2)17-15(8-13(3)20-16(17)7-11)18(22)21-5-4-14(9-21)10-25(19,23)24/h6-8,14H,4-5,9-10H2,1-3H3,(H2,19,23,24). The number of nitrogens with two attached hydrogens (primary N) is 1. The molecule has 2 N–H and O–H groups in total. The fourth-order valence-electron chi connectivity index (χ4n) is 3.71. The molecule has 3 rings (SSSR count). The Labute approximate surface area is 148 Å². The summed E-state index contributed by atoms with van der Waals surface area (Å²) >= 11 is 0. The van der Waals surface area contributed by atoms with Crippen molar-refractivity contribution in [2.75, 3.05) is 18.8 Å². The van der Waals surface area contributed by atoms with Gasteiger partial charge in [-0.05, 0) is 56.4 Å². The van der Waals surface area contributed by atoms with Gasteiger partial charge < -0.3 is 4.90 Å². The maximum absolute atomic E-state index is 13.1. The van der Waals surface area contributed by atoms with Gasteiger partial charge in [0.1, 0.15) is 0 Å². The molecule has 1 fully saturated rings. The Kier molecular flexibility index (Phi) is 4.55. The van der Waals surface area contributed by atoms with Crippen LogP contribution in [0.1, 0.15) is 33.6 Å². The van der Waals surface area contributed by atoms with E-state index < -0.39 is 10.0 Å². The second-order valence-electron chi connectivity index (χ2n) is 7.02. The van der Waals surface area contributed by atoms with Gasteiger partial charge in [-0.1, -0.05) is 6.07 Å². The van der Waals surface area contributed by atoms with E-state index in [4.69, 9.17) is 5.14 Å². The van der Waals surface area contributed by atoms with Crippen molar-refractivity contribution in [3.8, 4) is 0 Å². The normalized spacial score (nSPS) is 18.1. The molecule has 0 spiro atoms. The smallest absolute Gasteiger partial charge is 0.254 e. The number of fused-ring (bicyclic) bond motifs is 1. The van der Waals surface area contributed by atoms with Crippen LogP contribution in [0, 0.1) is 26.7 Å². The van der Waals surface area contributed by atoms with Gasteiger partial charge in [-0.2, -0.15) is 0 Å². The first-order valence-electron chi connectivity index (χ1n) is 8.32. The third-order valence-corrected chi connectivity index (χ3v) is 5.59. The van der Waals surface area contributed by atoms with Gasteiger partial charge in [0, 0.05) is 24.2 Å². The second kappa shape index (κ2) is 6.38. The van der Waals surface area contributed by atoms with Crippen molar-refractivity contribution in [3.05, 3.63) is 40.6 Å². The minimum absolute atomic E-state index is 0.0700. The molecular weight excluding hydrogens is 338 g/mol. The number of nitrogens with zero attached hydrogens (tertiary/aromatic N) is 2. The number of aryl methyl sites for hydroxylation is 3. The Hall–Kier alpha value is -1.99. The molecule has 0 radical (unpaired) electrons. The Morgan fingerprint density at radius 3 is 2.68 bits per heavy atom. The number of sulfonamides is 1. The third kappa shape index (κ3) is 3.82. The molecule has 0 saturated carbocycles. The van der Waals surface area contributed by atoms with Crippen LogP contribution in [0.25, 0.3) is 10.9 Å². The molecule has 134 valence electrons. The molecule has 1 aromatic carbocycles. The summed E-state index contributed by atoms with van der Waals surface area (Å²) in [5.74, 6) is -0.249. The van der Waals surface area contributed by atoms with Crippen molar-refractivity contribution >= 4 is 26.8 Å². The minimum atomic E-state index is -3.52. The molecule has 1 unspecified atom stereocenters. The van der Waals surface area contributed by atoms with Gasteiger partial charge in [0.05, 0.1) is 16.8 Å². The summed E-state index contributed by atoms with van der Waals surface area (Å²) in [5, 5.41) is 6.01. The molecule has 7 heteroatoms. The summed E-state index contributed by atoms with van der Waals surface area (Å²) in [5.41, 5.74) is 4.38. The number of likely N-dealkylation sites (tertiary alicyclic amines) is 1. The lowest BCUT2D eigenvalue weighted by molar-refractivity contribution is 0.0790. The highest BCUT2D eigenvalue weighted by atomic mass is 32.2.